The van der Waals surface area contributed by atoms with Gasteiger partial charge in [-0.1, -0.05) is 18.2 Å². The van der Waals surface area contributed by atoms with E-state index in [2.05, 4.69) is 37.2 Å². The zero-order chi connectivity index (χ0) is 25.9. The summed E-state index contributed by atoms with van der Waals surface area (Å²) in [6, 6.07) is 14.5. The van der Waals surface area contributed by atoms with Crippen LogP contribution in [0.1, 0.15) is 27.9 Å². The molecular weight excluding hydrogens is 540 g/mol. The number of benzene rings is 2. The Morgan fingerprint density at radius 3 is 2.84 bits per heavy atom. The van der Waals surface area contributed by atoms with Crippen LogP contribution in [-0.2, 0) is 19.5 Å². The van der Waals surface area contributed by atoms with Gasteiger partial charge in [-0.05, 0) is 63.5 Å². The quantitative estimate of drug-likeness (QED) is 0.313. The first-order chi connectivity index (χ1) is 17.9. The third-order valence-corrected chi connectivity index (χ3v) is 6.85. The molecule has 1 amide bonds. The molecule has 0 unspecified atom stereocenters. The van der Waals surface area contributed by atoms with E-state index >= 15 is 0 Å². The van der Waals surface area contributed by atoms with Gasteiger partial charge in [0, 0.05) is 61.5 Å². The molecule has 37 heavy (non-hydrogen) atoms. The Hall–Kier alpha value is -3.87. The molecule has 186 valence electrons. The topological polar surface area (TPSA) is 74.0 Å². The lowest BCUT2D eigenvalue weighted by Gasteiger charge is -2.27. The van der Waals surface area contributed by atoms with Crippen molar-refractivity contribution in [2.45, 2.75) is 19.5 Å². The number of fused-ring (bicyclic) bond motifs is 3. The minimum absolute atomic E-state index is 0.255. The Bertz CT molecular complexity index is 1570. The lowest BCUT2D eigenvalue weighted by atomic mass is 10.0. The molecule has 0 aliphatic carbocycles. The molecule has 4 aromatic rings. The average Bonchev–Trinajstić information content (AvgIpc) is 3.21. The molecule has 0 fully saturated rings. The van der Waals surface area contributed by atoms with Gasteiger partial charge in [0.25, 0.3) is 0 Å². The zero-order valence-corrected chi connectivity index (χ0v) is 21.3. The monoisotopic (exact) mass is 561 g/mol. The first kappa shape index (κ1) is 24.8. The molecule has 5 rings (SSSR count). The Morgan fingerprint density at radius 1 is 1.19 bits per heavy atom. The summed E-state index contributed by atoms with van der Waals surface area (Å²) < 4.78 is 29.5. The highest BCUT2D eigenvalue weighted by Gasteiger charge is 2.26. The molecule has 1 aliphatic heterocycles. The van der Waals surface area contributed by atoms with Crippen LogP contribution in [-0.4, -0.2) is 33.6 Å². The fourth-order valence-corrected chi connectivity index (χ4v) is 5.06. The number of nitriles is 1. The first-order valence-corrected chi connectivity index (χ1v) is 12.5. The lowest BCUT2D eigenvalue weighted by molar-refractivity contribution is 0.240. The summed E-state index contributed by atoms with van der Waals surface area (Å²) in [5.41, 5.74) is 4.38. The van der Waals surface area contributed by atoms with Crippen LogP contribution in [0.2, 0.25) is 0 Å². The standard InChI is InChI=1S/C28H22BrF2N5O/c29-27-13-19(7-9-33-27)16-34-28(37)36-25-8-11-35(10-1-2-20-4-5-21(30)14-24(20)31)17-23(25)22-6-3-18(15-32)12-26(22)36/h1-7,9,12-14H,8,10-11,16-17H2,(H,34,37)/b2-1+. The number of carbonyl (C=O) groups is 1. The van der Waals surface area contributed by atoms with Gasteiger partial charge >= 0.3 is 6.03 Å². The van der Waals surface area contributed by atoms with E-state index in [4.69, 9.17) is 0 Å². The number of amides is 1. The van der Waals surface area contributed by atoms with E-state index in [0.29, 0.717) is 53.8 Å². The highest BCUT2D eigenvalue weighted by atomic mass is 79.9. The van der Waals surface area contributed by atoms with Gasteiger partial charge < -0.3 is 5.32 Å². The van der Waals surface area contributed by atoms with Crippen LogP contribution in [0.25, 0.3) is 17.0 Å². The Balaban J connectivity index is 1.39. The maximum atomic E-state index is 13.9. The SMILES string of the molecule is N#Cc1ccc2c3c(n(C(=O)NCc4ccnc(Br)c4)c2c1)CCN(C/C=C/c1ccc(F)cc1F)C3. The molecule has 0 radical (unpaired) electrons. The van der Waals surface area contributed by atoms with E-state index in [0.717, 1.165) is 28.3 Å². The highest BCUT2D eigenvalue weighted by molar-refractivity contribution is 9.10. The molecule has 6 nitrogen and oxygen atoms in total. The summed E-state index contributed by atoms with van der Waals surface area (Å²) in [5.74, 6) is -1.20. The first-order valence-electron chi connectivity index (χ1n) is 11.7. The molecule has 2 aromatic heterocycles. The average molecular weight is 562 g/mol. The van der Waals surface area contributed by atoms with Gasteiger partial charge in [-0.3, -0.25) is 9.47 Å². The summed E-state index contributed by atoms with van der Waals surface area (Å²) in [6.07, 6.45) is 5.82. The number of carbonyl (C=O) groups excluding carboxylic acids is 1. The van der Waals surface area contributed by atoms with Crippen molar-refractivity contribution in [3.8, 4) is 6.07 Å². The maximum Gasteiger partial charge on any atom is 0.326 e. The molecule has 0 spiro atoms. The van der Waals surface area contributed by atoms with Crippen molar-refractivity contribution < 1.29 is 13.6 Å². The van der Waals surface area contributed by atoms with Crippen LogP contribution in [0, 0.1) is 23.0 Å². The van der Waals surface area contributed by atoms with Gasteiger partial charge in [0.05, 0.1) is 17.1 Å². The fraction of sp³-hybridized carbons (Fsp3) is 0.179. The van der Waals surface area contributed by atoms with E-state index in [9.17, 15) is 18.8 Å². The van der Waals surface area contributed by atoms with Gasteiger partial charge in [0.15, 0.2) is 0 Å². The molecule has 0 saturated heterocycles. The highest BCUT2D eigenvalue weighted by Crippen LogP contribution is 2.31. The van der Waals surface area contributed by atoms with Crippen molar-refractivity contribution in [1.82, 2.24) is 19.8 Å². The third-order valence-electron chi connectivity index (χ3n) is 6.42. The minimum atomic E-state index is -0.605. The van der Waals surface area contributed by atoms with Crippen LogP contribution in [0.15, 0.2) is 65.4 Å². The Labute approximate surface area is 221 Å². The molecule has 3 heterocycles. The van der Waals surface area contributed by atoms with E-state index in [1.54, 1.807) is 29.0 Å². The second-order valence-corrected chi connectivity index (χ2v) is 9.62. The van der Waals surface area contributed by atoms with Gasteiger partial charge in [-0.2, -0.15) is 5.26 Å². The summed E-state index contributed by atoms with van der Waals surface area (Å²) in [5, 5.41) is 13.4. The number of nitrogens with zero attached hydrogens (tertiary/aromatic N) is 4. The van der Waals surface area contributed by atoms with Crippen molar-refractivity contribution in [2.24, 2.45) is 0 Å². The Morgan fingerprint density at radius 2 is 2.05 bits per heavy atom. The summed E-state index contributed by atoms with van der Waals surface area (Å²) in [4.78, 5) is 19.7. The summed E-state index contributed by atoms with van der Waals surface area (Å²) in [7, 11) is 0. The maximum absolute atomic E-state index is 13.9. The third kappa shape index (κ3) is 5.31. The largest absolute Gasteiger partial charge is 0.333 e. The predicted molar refractivity (Wildman–Crippen MR) is 141 cm³/mol. The Kier molecular flexibility index (Phi) is 7.12. The fourth-order valence-electron chi connectivity index (χ4n) is 4.65. The van der Waals surface area contributed by atoms with Gasteiger partial charge in [-0.25, -0.2) is 18.6 Å². The van der Waals surface area contributed by atoms with Crippen LogP contribution in [0.5, 0.6) is 0 Å². The summed E-state index contributed by atoms with van der Waals surface area (Å²) in [6.45, 7) is 2.21. The van der Waals surface area contributed by atoms with Crippen molar-refractivity contribution in [3.05, 3.63) is 105 Å². The van der Waals surface area contributed by atoms with Crippen molar-refractivity contribution in [2.75, 3.05) is 13.1 Å². The molecule has 0 saturated carbocycles. The normalized spacial score (nSPS) is 13.6. The number of halogens is 3. The van der Waals surface area contributed by atoms with E-state index in [-0.39, 0.29) is 6.03 Å². The molecule has 1 aliphatic rings. The van der Waals surface area contributed by atoms with E-state index in [1.165, 1.54) is 12.1 Å². The van der Waals surface area contributed by atoms with Crippen LogP contribution >= 0.6 is 15.9 Å². The van der Waals surface area contributed by atoms with Gasteiger partial charge in [0.1, 0.15) is 16.2 Å². The smallest absolute Gasteiger partial charge is 0.326 e. The number of nitrogens with one attached hydrogen (secondary N) is 1. The number of rotatable bonds is 5. The molecule has 0 atom stereocenters. The van der Waals surface area contributed by atoms with Gasteiger partial charge in [-0.15, -0.1) is 0 Å². The summed E-state index contributed by atoms with van der Waals surface area (Å²) >= 11 is 3.35. The second kappa shape index (κ2) is 10.6. The lowest BCUT2D eigenvalue weighted by Crippen LogP contribution is -2.34. The van der Waals surface area contributed by atoms with Crippen molar-refractivity contribution in [1.29, 1.82) is 5.26 Å². The van der Waals surface area contributed by atoms with Crippen LogP contribution < -0.4 is 5.32 Å². The molecule has 9 heteroatoms. The minimum Gasteiger partial charge on any atom is -0.333 e. The number of hydrogen-bond acceptors (Lipinski definition) is 4. The van der Waals surface area contributed by atoms with Crippen LogP contribution in [0.4, 0.5) is 13.6 Å². The second-order valence-electron chi connectivity index (χ2n) is 8.80. The van der Waals surface area contributed by atoms with Crippen molar-refractivity contribution >= 4 is 38.9 Å². The number of aromatic nitrogens is 2. The zero-order valence-electron chi connectivity index (χ0n) is 19.7. The van der Waals surface area contributed by atoms with E-state index in [1.807, 2.05) is 24.3 Å². The van der Waals surface area contributed by atoms with E-state index < -0.39 is 11.6 Å². The molecule has 2 aromatic carbocycles. The number of hydrogen-bond donors (Lipinski definition) is 1. The van der Waals surface area contributed by atoms with Gasteiger partial charge in [0.2, 0.25) is 0 Å². The van der Waals surface area contributed by atoms with Crippen LogP contribution in [0.3, 0.4) is 0 Å². The predicted octanol–water partition coefficient (Wildman–Crippen LogP) is 5.78. The molecular formula is C28H22BrF2N5O. The number of pyridine rings is 1. The molecule has 1 N–H and O–H groups in total. The van der Waals surface area contributed by atoms with Crippen molar-refractivity contribution in [3.63, 3.8) is 0 Å². The molecule has 0 bridgehead atoms.